The van der Waals surface area contributed by atoms with Gasteiger partial charge >= 0.3 is 0 Å². The zero-order valence-corrected chi connectivity index (χ0v) is 8.01. The number of nitrogens with zero attached hydrogens (tertiary/aromatic N) is 1. The van der Waals surface area contributed by atoms with Crippen LogP contribution in [-0.2, 0) is 9.59 Å². The Morgan fingerprint density at radius 3 is 3.00 bits per heavy atom. The van der Waals surface area contributed by atoms with Crippen molar-refractivity contribution >= 4 is 11.8 Å². The largest absolute Gasteiger partial charge is 0.354 e. The Balaban J connectivity index is 2.41. The molecule has 0 aromatic carbocycles. The lowest BCUT2D eigenvalue weighted by Gasteiger charge is -2.18. The van der Waals surface area contributed by atoms with Crippen molar-refractivity contribution in [2.45, 2.75) is 26.2 Å². The normalized spacial score (nSPS) is 17.9. The molecule has 0 radical (unpaired) electrons. The molecule has 13 heavy (non-hydrogen) atoms. The predicted molar refractivity (Wildman–Crippen MR) is 49.1 cm³/mol. The molecule has 0 unspecified atom stereocenters. The van der Waals surface area contributed by atoms with E-state index in [-0.39, 0.29) is 11.8 Å². The molecule has 2 amide bonds. The van der Waals surface area contributed by atoms with E-state index in [2.05, 4.69) is 5.32 Å². The molecule has 0 aromatic heterocycles. The van der Waals surface area contributed by atoms with E-state index in [1.165, 1.54) is 0 Å². The van der Waals surface area contributed by atoms with E-state index in [4.69, 9.17) is 0 Å². The second-order valence-electron chi connectivity index (χ2n) is 3.23. The molecule has 4 nitrogen and oxygen atoms in total. The first-order valence-electron chi connectivity index (χ1n) is 4.78. The summed E-state index contributed by atoms with van der Waals surface area (Å²) in [6.45, 7) is 3.81. The summed E-state index contributed by atoms with van der Waals surface area (Å²) in [6, 6.07) is 0. The number of amides is 2. The maximum absolute atomic E-state index is 11.4. The highest BCUT2D eigenvalue weighted by Crippen LogP contribution is 2.01. The van der Waals surface area contributed by atoms with Crippen molar-refractivity contribution in [2.75, 3.05) is 19.6 Å². The molecule has 0 aliphatic carbocycles. The first-order chi connectivity index (χ1) is 6.24. The zero-order valence-electron chi connectivity index (χ0n) is 8.01. The van der Waals surface area contributed by atoms with Gasteiger partial charge in [-0.25, -0.2) is 0 Å². The summed E-state index contributed by atoms with van der Waals surface area (Å²) in [5, 5.41) is 2.74. The average molecular weight is 184 g/mol. The van der Waals surface area contributed by atoms with Crippen LogP contribution in [0.4, 0.5) is 0 Å². The molecular weight excluding hydrogens is 168 g/mol. The lowest BCUT2D eigenvalue weighted by Crippen LogP contribution is -2.33. The Kier molecular flexibility index (Phi) is 3.73. The van der Waals surface area contributed by atoms with Crippen molar-refractivity contribution in [3.63, 3.8) is 0 Å². The third-order valence-electron chi connectivity index (χ3n) is 2.13. The van der Waals surface area contributed by atoms with Gasteiger partial charge < -0.3 is 10.2 Å². The van der Waals surface area contributed by atoms with Crippen LogP contribution in [0.1, 0.15) is 26.2 Å². The second kappa shape index (κ2) is 4.84. The van der Waals surface area contributed by atoms with Gasteiger partial charge in [-0.1, -0.05) is 6.92 Å². The molecule has 74 valence electrons. The molecular formula is C9H16N2O2. The number of rotatable bonds is 2. The van der Waals surface area contributed by atoms with Gasteiger partial charge in [-0.05, 0) is 6.42 Å². The van der Waals surface area contributed by atoms with Crippen molar-refractivity contribution < 1.29 is 9.59 Å². The summed E-state index contributed by atoms with van der Waals surface area (Å²) >= 11 is 0. The van der Waals surface area contributed by atoms with E-state index in [9.17, 15) is 9.59 Å². The van der Waals surface area contributed by atoms with Gasteiger partial charge in [0.1, 0.15) is 0 Å². The fourth-order valence-corrected chi connectivity index (χ4v) is 1.39. The summed E-state index contributed by atoms with van der Waals surface area (Å²) < 4.78 is 0. The van der Waals surface area contributed by atoms with E-state index in [1.54, 1.807) is 4.90 Å². The van der Waals surface area contributed by atoms with Gasteiger partial charge in [0, 0.05) is 32.5 Å². The minimum Gasteiger partial charge on any atom is -0.354 e. The highest BCUT2D eigenvalue weighted by Gasteiger charge is 2.16. The maximum atomic E-state index is 11.4. The number of hydrogen-bond donors (Lipinski definition) is 1. The third-order valence-corrected chi connectivity index (χ3v) is 2.13. The topological polar surface area (TPSA) is 49.4 Å². The van der Waals surface area contributed by atoms with Gasteiger partial charge in [-0.2, -0.15) is 0 Å². The fraction of sp³-hybridized carbons (Fsp3) is 0.778. The molecule has 0 bridgehead atoms. The molecule has 1 saturated heterocycles. The number of carbonyl (C=O) groups excluding carboxylic acids is 2. The lowest BCUT2D eigenvalue weighted by molar-refractivity contribution is -0.131. The van der Waals surface area contributed by atoms with Crippen LogP contribution in [0, 0.1) is 0 Å². The van der Waals surface area contributed by atoms with Gasteiger partial charge in [0.2, 0.25) is 11.8 Å². The molecule has 1 N–H and O–H groups in total. The van der Waals surface area contributed by atoms with Gasteiger partial charge in [0.05, 0.1) is 0 Å². The monoisotopic (exact) mass is 184 g/mol. The maximum Gasteiger partial charge on any atom is 0.222 e. The van der Waals surface area contributed by atoms with Gasteiger partial charge in [-0.3, -0.25) is 9.59 Å². The summed E-state index contributed by atoms with van der Waals surface area (Å²) in [6.07, 6.45) is 1.90. The van der Waals surface area contributed by atoms with Crippen LogP contribution in [0.15, 0.2) is 0 Å². The minimum atomic E-state index is 0.0480. The summed E-state index contributed by atoms with van der Waals surface area (Å²) in [5.41, 5.74) is 0. The first kappa shape index (κ1) is 10.0. The Bertz CT molecular complexity index is 204. The smallest absolute Gasteiger partial charge is 0.222 e. The van der Waals surface area contributed by atoms with Crippen LogP contribution in [0.5, 0.6) is 0 Å². The first-order valence-corrected chi connectivity index (χ1v) is 4.78. The van der Waals surface area contributed by atoms with E-state index in [1.807, 2.05) is 6.92 Å². The van der Waals surface area contributed by atoms with Crippen molar-refractivity contribution in [3.8, 4) is 0 Å². The van der Waals surface area contributed by atoms with Crippen molar-refractivity contribution in [1.29, 1.82) is 0 Å². The summed E-state index contributed by atoms with van der Waals surface area (Å²) in [5.74, 6) is 0.214. The van der Waals surface area contributed by atoms with E-state index in [0.29, 0.717) is 32.5 Å². The second-order valence-corrected chi connectivity index (χ2v) is 3.23. The summed E-state index contributed by atoms with van der Waals surface area (Å²) in [7, 11) is 0. The molecule has 1 rings (SSSR count). The van der Waals surface area contributed by atoms with Crippen molar-refractivity contribution in [3.05, 3.63) is 0 Å². The Labute approximate surface area is 78.3 Å². The average Bonchev–Trinajstić information content (AvgIpc) is 2.30. The zero-order chi connectivity index (χ0) is 9.68. The van der Waals surface area contributed by atoms with Crippen LogP contribution in [-0.4, -0.2) is 36.3 Å². The SMILES string of the molecule is CCCC(=O)N1CCNC(=O)CC1. The number of carbonyl (C=O) groups is 2. The molecule has 1 fully saturated rings. The van der Waals surface area contributed by atoms with Crippen LogP contribution >= 0.6 is 0 Å². The van der Waals surface area contributed by atoms with E-state index >= 15 is 0 Å². The molecule has 1 aliphatic heterocycles. The van der Waals surface area contributed by atoms with Crippen LogP contribution in [0.25, 0.3) is 0 Å². The van der Waals surface area contributed by atoms with Crippen LogP contribution < -0.4 is 5.32 Å². The Morgan fingerprint density at radius 1 is 1.54 bits per heavy atom. The quantitative estimate of drug-likeness (QED) is 0.663. The molecule has 0 atom stereocenters. The number of nitrogens with one attached hydrogen (secondary N) is 1. The standard InChI is InChI=1S/C9H16N2O2/c1-2-3-9(13)11-6-4-8(12)10-5-7-11/h2-7H2,1H3,(H,10,12). The molecule has 0 saturated carbocycles. The van der Waals surface area contributed by atoms with Crippen molar-refractivity contribution in [2.24, 2.45) is 0 Å². The predicted octanol–water partition coefficient (Wildman–Crippen LogP) is 0.135. The molecule has 0 aromatic rings. The Hall–Kier alpha value is -1.06. The lowest BCUT2D eigenvalue weighted by atomic mass is 10.3. The number of hydrogen-bond acceptors (Lipinski definition) is 2. The highest BCUT2D eigenvalue weighted by molar-refractivity contribution is 5.80. The van der Waals surface area contributed by atoms with E-state index < -0.39 is 0 Å². The third kappa shape index (κ3) is 3.05. The molecule has 4 heteroatoms. The minimum absolute atomic E-state index is 0.0480. The highest BCUT2D eigenvalue weighted by atomic mass is 16.2. The Morgan fingerprint density at radius 2 is 2.31 bits per heavy atom. The van der Waals surface area contributed by atoms with Crippen LogP contribution in [0.3, 0.4) is 0 Å². The molecule has 0 spiro atoms. The molecule has 1 heterocycles. The van der Waals surface area contributed by atoms with E-state index in [0.717, 1.165) is 6.42 Å². The van der Waals surface area contributed by atoms with Crippen molar-refractivity contribution in [1.82, 2.24) is 10.2 Å². The van der Waals surface area contributed by atoms with Gasteiger partial charge in [0.25, 0.3) is 0 Å². The fourth-order valence-electron chi connectivity index (χ4n) is 1.39. The molecule has 1 aliphatic rings. The van der Waals surface area contributed by atoms with Gasteiger partial charge in [0.15, 0.2) is 0 Å². The summed E-state index contributed by atoms with van der Waals surface area (Å²) in [4.78, 5) is 24.2. The van der Waals surface area contributed by atoms with Crippen LogP contribution in [0.2, 0.25) is 0 Å². The van der Waals surface area contributed by atoms with Gasteiger partial charge in [-0.15, -0.1) is 0 Å².